The summed E-state index contributed by atoms with van der Waals surface area (Å²) in [4.78, 5) is 4.63. The molecule has 1 saturated heterocycles. The van der Waals surface area contributed by atoms with Crippen LogP contribution in [0.1, 0.15) is 24.7 Å². The quantitative estimate of drug-likeness (QED) is 0.634. The minimum Gasteiger partial charge on any atom is -0.339 e. The summed E-state index contributed by atoms with van der Waals surface area (Å²) in [7, 11) is -3.55. The molecule has 146 valence electrons. The van der Waals surface area contributed by atoms with Crippen molar-refractivity contribution in [3.8, 4) is 11.4 Å². The Morgan fingerprint density at radius 3 is 2.32 bits per heavy atom. The smallest absolute Gasteiger partial charge is 0.243 e. The lowest BCUT2D eigenvalue weighted by atomic mass is 9.98. The molecule has 0 radical (unpaired) electrons. The first-order valence-corrected chi connectivity index (χ1v) is 10.6. The summed E-state index contributed by atoms with van der Waals surface area (Å²) in [5.74, 6) is 0.522. The molecule has 0 atom stereocenters. The maximum Gasteiger partial charge on any atom is 0.243 e. The summed E-state index contributed by atoms with van der Waals surface area (Å²) >= 11 is 5.84. The van der Waals surface area contributed by atoms with Gasteiger partial charge in [0.1, 0.15) is 5.82 Å². The molecule has 28 heavy (non-hydrogen) atoms. The Labute approximate surface area is 167 Å². The van der Waals surface area contributed by atoms with E-state index in [1.54, 1.807) is 24.3 Å². The molecule has 1 fully saturated rings. The Morgan fingerprint density at radius 2 is 1.68 bits per heavy atom. The molecule has 0 N–H and O–H groups in total. The van der Waals surface area contributed by atoms with Gasteiger partial charge in [-0.3, -0.25) is 0 Å². The van der Waals surface area contributed by atoms with E-state index in [1.807, 2.05) is 0 Å². The minimum absolute atomic E-state index is 0.0154. The van der Waals surface area contributed by atoms with Crippen LogP contribution in [0, 0.1) is 5.82 Å². The zero-order valence-corrected chi connectivity index (χ0v) is 16.3. The van der Waals surface area contributed by atoms with Crippen molar-refractivity contribution in [3.05, 3.63) is 65.3 Å². The van der Waals surface area contributed by atoms with Crippen LogP contribution >= 0.6 is 11.6 Å². The van der Waals surface area contributed by atoms with Crippen molar-refractivity contribution in [1.29, 1.82) is 0 Å². The van der Waals surface area contributed by atoms with Crippen LogP contribution in [0.2, 0.25) is 5.02 Å². The first kappa shape index (κ1) is 19.0. The lowest BCUT2D eigenvalue weighted by Gasteiger charge is -2.29. The van der Waals surface area contributed by atoms with Gasteiger partial charge in [-0.1, -0.05) is 16.8 Å². The Kier molecular flexibility index (Phi) is 5.18. The number of sulfonamides is 1. The molecule has 0 amide bonds. The van der Waals surface area contributed by atoms with Gasteiger partial charge in [-0.15, -0.1) is 0 Å². The van der Waals surface area contributed by atoms with Crippen LogP contribution in [0.4, 0.5) is 4.39 Å². The molecule has 0 aliphatic carbocycles. The van der Waals surface area contributed by atoms with Gasteiger partial charge in [0.05, 0.1) is 4.90 Å². The average molecular weight is 422 g/mol. The van der Waals surface area contributed by atoms with E-state index in [2.05, 4.69) is 10.1 Å². The van der Waals surface area contributed by atoms with Gasteiger partial charge in [0, 0.05) is 29.6 Å². The van der Waals surface area contributed by atoms with Gasteiger partial charge in [-0.25, -0.2) is 12.8 Å². The number of halogens is 2. The lowest BCUT2D eigenvalue weighted by molar-refractivity contribution is 0.271. The second-order valence-corrected chi connectivity index (χ2v) is 8.97. The summed E-state index contributed by atoms with van der Waals surface area (Å²) in [5, 5.41) is 4.45. The van der Waals surface area contributed by atoms with E-state index < -0.39 is 10.0 Å². The highest BCUT2D eigenvalue weighted by atomic mass is 35.5. The van der Waals surface area contributed by atoms with Crippen molar-refractivity contribution in [2.45, 2.75) is 23.7 Å². The fourth-order valence-electron chi connectivity index (χ4n) is 3.22. The monoisotopic (exact) mass is 421 g/mol. The van der Waals surface area contributed by atoms with Crippen LogP contribution in [0.3, 0.4) is 0 Å². The SMILES string of the molecule is O=S(=O)(c1ccc(Cl)cc1)N1CCC(c2nc(-c3ccc(F)cc3)no2)CC1. The Morgan fingerprint density at radius 1 is 1.04 bits per heavy atom. The van der Waals surface area contributed by atoms with Crippen molar-refractivity contribution in [1.82, 2.24) is 14.4 Å². The maximum atomic E-state index is 13.0. The van der Waals surface area contributed by atoms with Gasteiger partial charge in [0.15, 0.2) is 0 Å². The van der Waals surface area contributed by atoms with Crippen molar-refractivity contribution < 1.29 is 17.3 Å². The molecule has 0 spiro atoms. The molecule has 0 unspecified atom stereocenters. The molecule has 2 heterocycles. The molecular weight excluding hydrogens is 405 g/mol. The Balaban J connectivity index is 1.44. The Hall–Kier alpha value is -2.29. The molecule has 0 bridgehead atoms. The standard InChI is InChI=1S/C19H17ClFN3O3S/c20-15-3-7-17(8-4-15)28(25,26)24-11-9-14(10-12-24)19-22-18(23-27-19)13-1-5-16(21)6-2-13/h1-8,14H,9-12H2. The number of hydrogen-bond acceptors (Lipinski definition) is 5. The van der Waals surface area contributed by atoms with E-state index in [0.29, 0.717) is 48.2 Å². The van der Waals surface area contributed by atoms with Gasteiger partial charge < -0.3 is 4.52 Å². The van der Waals surface area contributed by atoms with E-state index in [1.165, 1.54) is 28.6 Å². The van der Waals surface area contributed by atoms with E-state index in [-0.39, 0.29) is 16.6 Å². The fraction of sp³-hybridized carbons (Fsp3) is 0.263. The summed E-state index contributed by atoms with van der Waals surface area (Å²) in [6.45, 7) is 0.730. The van der Waals surface area contributed by atoms with E-state index >= 15 is 0 Å². The first-order valence-electron chi connectivity index (χ1n) is 8.79. The molecule has 3 aromatic rings. The zero-order chi connectivity index (χ0) is 19.7. The van der Waals surface area contributed by atoms with Crippen LogP contribution < -0.4 is 0 Å². The number of rotatable bonds is 4. The van der Waals surface area contributed by atoms with Gasteiger partial charge in [0.2, 0.25) is 21.7 Å². The van der Waals surface area contributed by atoms with Crippen molar-refractivity contribution >= 4 is 21.6 Å². The normalized spacial score (nSPS) is 16.4. The maximum absolute atomic E-state index is 13.0. The van der Waals surface area contributed by atoms with Crippen LogP contribution in [0.15, 0.2) is 57.9 Å². The van der Waals surface area contributed by atoms with Crippen LogP contribution in [0.5, 0.6) is 0 Å². The highest BCUT2D eigenvalue weighted by Crippen LogP contribution is 2.31. The number of aromatic nitrogens is 2. The largest absolute Gasteiger partial charge is 0.339 e. The third-order valence-electron chi connectivity index (χ3n) is 4.80. The molecule has 2 aromatic carbocycles. The van der Waals surface area contributed by atoms with Crippen LogP contribution in [-0.4, -0.2) is 36.0 Å². The second-order valence-electron chi connectivity index (χ2n) is 6.60. The van der Waals surface area contributed by atoms with Gasteiger partial charge in [-0.2, -0.15) is 9.29 Å². The minimum atomic E-state index is -3.55. The highest BCUT2D eigenvalue weighted by Gasteiger charge is 2.32. The third-order valence-corrected chi connectivity index (χ3v) is 6.96. The molecule has 4 rings (SSSR count). The second kappa shape index (κ2) is 7.62. The van der Waals surface area contributed by atoms with Crippen molar-refractivity contribution in [2.75, 3.05) is 13.1 Å². The number of nitrogens with zero attached hydrogens (tertiary/aromatic N) is 3. The van der Waals surface area contributed by atoms with E-state index in [0.717, 1.165) is 0 Å². The molecule has 1 aromatic heterocycles. The predicted molar refractivity (Wildman–Crippen MR) is 102 cm³/mol. The molecule has 0 saturated carbocycles. The molecular formula is C19H17ClFN3O3S. The van der Waals surface area contributed by atoms with Crippen molar-refractivity contribution in [2.24, 2.45) is 0 Å². The molecule has 1 aliphatic rings. The summed E-state index contributed by atoms with van der Waals surface area (Å²) < 4.78 is 45.4. The summed E-state index contributed by atoms with van der Waals surface area (Å²) in [6, 6.07) is 12.0. The zero-order valence-electron chi connectivity index (χ0n) is 14.8. The third kappa shape index (κ3) is 3.80. The van der Waals surface area contributed by atoms with Gasteiger partial charge in [-0.05, 0) is 61.4 Å². The van der Waals surface area contributed by atoms with Crippen LogP contribution in [-0.2, 0) is 10.0 Å². The molecule has 1 aliphatic heterocycles. The van der Waals surface area contributed by atoms with Crippen LogP contribution in [0.25, 0.3) is 11.4 Å². The number of piperidine rings is 1. The summed E-state index contributed by atoms with van der Waals surface area (Å²) in [5.41, 5.74) is 0.666. The fourth-order valence-corrected chi connectivity index (χ4v) is 4.81. The Bertz CT molecular complexity index is 1060. The highest BCUT2D eigenvalue weighted by molar-refractivity contribution is 7.89. The van der Waals surface area contributed by atoms with Gasteiger partial charge in [0.25, 0.3) is 0 Å². The lowest BCUT2D eigenvalue weighted by Crippen LogP contribution is -2.37. The molecule has 6 nitrogen and oxygen atoms in total. The van der Waals surface area contributed by atoms with E-state index in [4.69, 9.17) is 16.1 Å². The first-order chi connectivity index (χ1) is 13.4. The topological polar surface area (TPSA) is 76.3 Å². The van der Waals surface area contributed by atoms with Gasteiger partial charge >= 0.3 is 0 Å². The number of hydrogen-bond donors (Lipinski definition) is 0. The number of benzene rings is 2. The average Bonchev–Trinajstić information content (AvgIpc) is 3.19. The van der Waals surface area contributed by atoms with E-state index in [9.17, 15) is 12.8 Å². The van der Waals surface area contributed by atoms with Crippen molar-refractivity contribution in [3.63, 3.8) is 0 Å². The predicted octanol–water partition coefficient (Wildman–Crippen LogP) is 4.10. The molecule has 9 heteroatoms. The summed E-state index contributed by atoms with van der Waals surface area (Å²) in [6.07, 6.45) is 1.16.